The van der Waals surface area contributed by atoms with Crippen LogP contribution in [0.5, 0.6) is 0 Å². The first kappa shape index (κ1) is 13.8. The third-order valence-electron chi connectivity index (χ3n) is 4.55. The van der Waals surface area contributed by atoms with E-state index in [1.54, 1.807) is 0 Å². The van der Waals surface area contributed by atoms with Crippen LogP contribution in [-0.4, -0.2) is 5.91 Å². The molecule has 1 fully saturated rings. The van der Waals surface area contributed by atoms with E-state index in [-0.39, 0.29) is 11.8 Å². The average Bonchev–Trinajstić information content (AvgIpc) is 3.37. The molecule has 1 saturated carbocycles. The Morgan fingerprint density at radius 1 is 0.957 bits per heavy atom. The molecular weight excluding hydrogens is 284 g/mol. The second-order valence-corrected chi connectivity index (χ2v) is 6.10. The molecule has 2 atom stereocenters. The third-order valence-corrected chi connectivity index (χ3v) is 4.55. The number of anilines is 2. The molecule has 3 aromatic carbocycles. The summed E-state index contributed by atoms with van der Waals surface area (Å²) < 4.78 is 0. The van der Waals surface area contributed by atoms with Crippen LogP contribution < -0.4 is 11.1 Å². The lowest BCUT2D eigenvalue weighted by Crippen LogP contribution is -2.15. The van der Waals surface area contributed by atoms with E-state index in [0.717, 1.165) is 22.9 Å². The number of hydrogen-bond donors (Lipinski definition) is 2. The summed E-state index contributed by atoms with van der Waals surface area (Å²) in [5.74, 6) is 0.468. The molecule has 4 rings (SSSR count). The maximum absolute atomic E-state index is 12.6. The Kier molecular flexibility index (Phi) is 3.27. The molecule has 1 aliphatic rings. The van der Waals surface area contributed by atoms with Crippen LogP contribution in [0.25, 0.3) is 10.8 Å². The lowest BCUT2D eigenvalue weighted by Gasteiger charge is -2.10. The summed E-state index contributed by atoms with van der Waals surface area (Å²) in [6.45, 7) is 0. The first-order valence-corrected chi connectivity index (χ1v) is 7.87. The van der Waals surface area contributed by atoms with Crippen LogP contribution in [0.2, 0.25) is 0 Å². The Hall–Kier alpha value is -2.81. The van der Waals surface area contributed by atoms with Crippen LogP contribution in [0.4, 0.5) is 11.4 Å². The van der Waals surface area contributed by atoms with Gasteiger partial charge in [-0.2, -0.15) is 0 Å². The van der Waals surface area contributed by atoms with Crippen LogP contribution in [0, 0.1) is 5.92 Å². The van der Waals surface area contributed by atoms with Crippen molar-refractivity contribution in [1.82, 2.24) is 0 Å². The number of benzene rings is 3. The van der Waals surface area contributed by atoms with E-state index in [4.69, 9.17) is 5.73 Å². The second-order valence-electron chi connectivity index (χ2n) is 6.10. The lowest BCUT2D eigenvalue weighted by molar-refractivity contribution is -0.117. The zero-order valence-corrected chi connectivity index (χ0v) is 12.7. The molecule has 0 bridgehead atoms. The molecule has 23 heavy (non-hydrogen) atoms. The normalized spacial score (nSPS) is 19.5. The van der Waals surface area contributed by atoms with E-state index in [0.29, 0.717) is 11.6 Å². The molecule has 0 aromatic heterocycles. The number of nitrogens with one attached hydrogen (secondary N) is 1. The van der Waals surface area contributed by atoms with Gasteiger partial charge in [0.25, 0.3) is 0 Å². The van der Waals surface area contributed by atoms with Crippen molar-refractivity contribution in [1.29, 1.82) is 0 Å². The minimum atomic E-state index is 0.0533. The van der Waals surface area contributed by atoms with E-state index in [1.807, 2.05) is 54.6 Å². The van der Waals surface area contributed by atoms with Crippen molar-refractivity contribution in [3.63, 3.8) is 0 Å². The van der Waals surface area contributed by atoms with Crippen molar-refractivity contribution < 1.29 is 4.79 Å². The maximum atomic E-state index is 12.6. The van der Waals surface area contributed by atoms with Crippen molar-refractivity contribution in [2.24, 2.45) is 5.92 Å². The summed E-state index contributed by atoms with van der Waals surface area (Å²) in [5.41, 5.74) is 8.82. The van der Waals surface area contributed by atoms with Crippen molar-refractivity contribution in [2.75, 3.05) is 11.1 Å². The van der Waals surface area contributed by atoms with Gasteiger partial charge in [-0.1, -0.05) is 54.6 Å². The van der Waals surface area contributed by atoms with E-state index in [2.05, 4.69) is 17.4 Å². The summed E-state index contributed by atoms with van der Waals surface area (Å²) >= 11 is 0. The van der Waals surface area contributed by atoms with Crippen LogP contribution in [0.3, 0.4) is 0 Å². The van der Waals surface area contributed by atoms with E-state index < -0.39 is 0 Å². The van der Waals surface area contributed by atoms with Gasteiger partial charge in [0.15, 0.2) is 0 Å². The maximum Gasteiger partial charge on any atom is 0.228 e. The highest BCUT2D eigenvalue weighted by Crippen LogP contribution is 2.48. The number of amides is 1. The molecule has 1 aliphatic carbocycles. The van der Waals surface area contributed by atoms with Gasteiger partial charge in [-0.15, -0.1) is 0 Å². The molecule has 3 aromatic rings. The molecular formula is C20H18N2O. The molecule has 0 saturated heterocycles. The van der Waals surface area contributed by atoms with Crippen molar-refractivity contribution in [3.05, 3.63) is 72.3 Å². The summed E-state index contributed by atoms with van der Waals surface area (Å²) in [7, 11) is 0. The zero-order valence-electron chi connectivity index (χ0n) is 12.7. The first-order chi connectivity index (χ1) is 11.2. The number of nitrogen functional groups attached to an aromatic ring is 1. The van der Waals surface area contributed by atoms with Gasteiger partial charge in [-0.3, -0.25) is 4.79 Å². The monoisotopic (exact) mass is 302 g/mol. The highest BCUT2D eigenvalue weighted by Gasteiger charge is 2.43. The molecule has 3 heteroatoms. The standard InChI is InChI=1S/C20H18N2O/c21-17-10-4-8-14-9-5-11-18(19(14)17)22-20(23)16-12-15(16)13-6-2-1-3-7-13/h1-11,15-16H,12,21H2,(H,22,23). The summed E-state index contributed by atoms with van der Waals surface area (Å²) in [6, 6.07) is 21.9. The Morgan fingerprint density at radius 2 is 1.70 bits per heavy atom. The van der Waals surface area contributed by atoms with E-state index in [1.165, 1.54) is 5.56 Å². The Bertz CT molecular complexity index is 868. The first-order valence-electron chi connectivity index (χ1n) is 7.87. The van der Waals surface area contributed by atoms with Gasteiger partial charge >= 0.3 is 0 Å². The Morgan fingerprint density at radius 3 is 2.48 bits per heavy atom. The van der Waals surface area contributed by atoms with E-state index >= 15 is 0 Å². The molecule has 0 aliphatic heterocycles. The van der Waals surface area contributed by atoms with Crippen LogP contribution in [0.15, 0.2) is 66.7 Å². The number of nitrogens with two attached hydrogens (primary N) is 1. The highest BCUT2D eigenvalue weighted by molar-refractivity contribution is 6.08. The minimum absolute atomic E-state index is 0.0533. The predicted octanol–water partition coefficient (Wildman–Crippen LogP) is 4.16. The van der Waals surface area contributed by atoms with Gasteiger partial charge in [0.1, 0.15) is 0 Å². The smallest absolute Gasteiger partial charge is 0.228 e. The molecule has 114 valence electrons. The van der Waals surface area contributed by atoms with Crippen LogP contribution in [0.1, 0.15) is 17.9 Å². The molecule has 0 heterocycles. The SMILES string of the molecule is Nc1cccc2cccc(NC(=O)C3CC3c3ccccc3)c12. The average molecular weight is 302 g/mol. The highest BCUT2D eigenvalue weighted by atomic mass is 16.2. The van der Waals surface area contributed by atoms with Crippen LogP contribution in [-0.2, 0) is 4.79 Å². The molecule has 1 amide bonds. The van der Waals surface area contributed by atoms with Crippen molar-refractivity contribution >= 4 is 28.1 Å². The number of hydrogen-bond acceptors (Lipinski definition) is 2. The molecule has 0 spiro atoms. The molecule has 0 radical (unpaired) electrons. The van der Waals surface area contributed by atoms with Gasteiger partial charge in [0.2, 0.25) is 5.91 Å². The molecule has 3 nitrogen and oxygen atoms in total. The fourth-order valence-electron chi connectivity index (χ4n) is 3.25. The largest absolute Gasteiger partial charge is 0.398 e. The number of rotatable bonds is 3. The fourth-order valence-corrected chi connectivity index (χ4v) is 3.25. The van der Waals surface area contributed by atoms with Gasteiger partial charge in [-0.25, -0.2) is 0 Å². The van der Waals surface area contributed by atoms with Gasteiger partial charge in [0.05, 0.1) is 5.69 Å². The zero-order chi connectivity index (χ0) is 15.8. The Labute approximate surface area is 135 Å². The predicted molar refractivity (Wildman–Crippen MR) is 94.3 cm³/mol. The topological polar surface area (TPSA) is 55.1 Å². The quantitative estimate of drug-likeness (QED) is 0.714. The second kappa shape index (κ2) is 5.43. The van der Waals surface area contributed by atoms with E-state index in [9.17, 15) is 4.79 Å². The summed E-state index contributed by atoms with van der Waals surface area (Å²) in [4.78, 5) is 12.6. The van der Waals surface area contributed by atoms with Gasteiger partial charge < -0.3 is 11.1 Å². The third kappa shape index (κ3) is 2.55. The number of carbonyl (C=O) groups excluding carboxylic acids is 1. The lowest BCUT2D eigenvalue weighted by atomic mass is 10.1. The van der Waals surface area contributed by atoms with Crippen molar-refractivity contribution in [3.8, 4) is 0 Å². The molecule has 3 N–H and O–H groups in total. The number of carbonyl (C=O) groups is 1. The minimum Gasteiger partial charge on any atom is -0.398 e. The molecule has 2 unspecified atom stereocenters. The van der Waals surface area contributed by atoms with Gasteiger partial charge in [-0.05, 0) is 35.4 Å². The van der Waals surface area contributed by atoms with Crippen molar-refractivity contribution in [2.45, 2.75) is 12.3 Å². The Balaban J connectivity index is 1.57. The van der Waals surface area contributed by atoms with Gasteiger partial charge in [0, 0.05) is 17.0 Å². The summed E-state index contributed by atoms with van der Waals surface area (Å²) in [5, 5.41) is 5.03. The summed E-state index contributed by atoms with van der Waals surface area (Å²) in [6.07, 6.45) is 0.913. The van der Waals surface area contributed by atoms with Crippen LogP contribution >= 0.6 is 0 Å². The number of fused-ring (bicyclic) bond motifs is 1. The fraction of sp³-hybridized carbons (Fsp3) is 0.150.